The van der Waals surface area contributed by atoms with Gasteiger partial charge in [0.15, 0.2) is 0 Å². The summed E-state index contributed by atoms with van der Waals surface area (Å²) in [5.74, 6) is 0. The van der Waals surface area contributed by atoms with E-state index in [1.165, 1.54) is 0 Å². The van der Waals surface area contributed by atoms with E-state index >= 15 is 0 Å². The van der Waals surface area contributed by atoms with Gasteiger partial charge in [-0.15, -0.1) is 0 Å². The van der Waals surface area contributed by atoms with Gasteiger partial charge in [-0.05, 0) is 168 Å². The van der Waals surface area contributed by atoms with Crippen molar-refractivity contribution in [2.45, 2.75) is 0 Å². The first-order valence-corrected chi connectivity index (χ1v) is 27.3. The lowest BCUT2D eigenvalue weighted by molar-refractivity contribution is 0.668. The van der Waals surface area contributed by atoms with Gasteiger partial charge in [0.25, 0.3) is 0 Å². The highest BCUT2D eigenvalue weighted by atomic mass is 16.3. The molecular formula is C86H54O2. The van der Waals surface area contributed by atoms with Crippen molar-refractivity contribution in [2.75, 3.05) is 0 Å². The Balaban J connectivity index is 0.000000186. The fourth-order valence-electron chi connectivity index (χ4n) is 11.8. The van der Waals surface area contributed by atoms with E-state index in [0.717, 1.165) is 32.7 Å². The molecule has 410 valence electrons. The third-order valence-electron chi connectivity index (χ3n) is 15.5. The average Bonchev–Trinajstić information content (AvgIpc) is 1.11. The van der Waals surface area contributed by atoms with Gasteiger partial charge in [-0.1, -0.05) is 290 Å². The molecule has 18 rings (SSSR count). The van der Waals surface area contributed by atoms with Crippen molar-refractivity contribution in [1.29, 1.82) is 0 Å². The van der Waals surface area contributed by atoms with Crippen LogP contribution in [0, 0.1) is 0 Å². The zero-order valence-corrected chi connectivity index (χ0v) is 45.2. The maximum atomic E-state index is 10.0. The maximum Gasteiger partial charge on any atom is 0.136 e. The van der Waals surface area contributed by atoms with E-state index in [4.69, 9.17) is 41.7 Å². The Morgan fingerprint density at radius 2 is 0.659 bits per heavy atom. The smallest absolute Gasteiger partial charge is 0.136 e. The van der Waals surface area contributed by atoms with Crippen molar-refractivity contribution in [3.8, 4) is 77.9 Å². The quantitative estimate of drug-likeness (QED) is 0.149. The predicted octanol–water partition coefficient (Wildman–Crippen LogP) is 24.6. The van der Waals surface area contributed by atoms with Gasteiger partial charge < -0.3 is 8.83 Å². The van der Waals surface area contributed by atoms with Crippen molar-refractivity contribution in [3.63, 3.8) is 0 Å². The van der Waals surface area contributed by atoms with Crippen LogP contribution in [0.4, 0.5) is 0 Å². The van der Waals surface area contributed by atoms with Gasteiger partial charge in [-0.3, -0.25) is 0 Å². The van der Waals surface area contributed by atoms with Crippen molar-refractivity contribution >= 4 is 97.7 Å². The molecular weight excluding hydrogens is 1060 g/mol. The summed E-state index contributed by atoms with van der Waals surface area (Å²) in [6.45, 7) is 0. The molecule has 0 fully saturated rings. The Morgan fingerprint density at radius 3 is 1.28 bits per heavy atom. The number of para-hydroxylation sites is 2. The first-order valence-electron chi connectivity index (χ1n) is 45.3. The number of benzene rings is 16. The van der Waals surface area contributed by atoms with E-state index in [9.17, 15) is 16.4 Å². The Bertz CT molecular complexity index is 7770. The van der Waals surface area contributed by atoms with Crippen LogP contribution in [0.25, 0.3) is 176 Å². The minimum Gasteiger partial charge on any atom is -0.456 e. The van der Waals surface area contributed by atoms with Gasteiger partial charge in [0.2, 0.25) is 0 Å². The lowest BCUT2D eigenvalue weighted by Gasteiger charge is -2.19. The molecule has 0 bridgehead atoms. The molecule has 18 aromatic rings. The molecule has 0 N–H and O–H groups in total. The molecule has 0 saturated heterocycles. The van der Waals surface area contributed by atoms with Crippen molar-refractivity contribution in [1.82, 2.24) is 0 Å². The summed E-state index contributed by atoms with van der Waals surface area (Å²) in [5, 5.41) is -0.174. The molecule has 0 saturated carbocycles. The maximum absolute atomic E-state index is 10.0. The summed E-state index contributed by atoms with van der Waals surface area (Å²) in [7, 11) is 0. The summed E-state index contributed by atoms with van der Waals surface area (Å²) >= 11 is 0. The number of fused-ring (bicyclic) bond motifs is 11. The molecule has 0 spiro atoms. The molecule has 0 radical (unpaired) electrons. The molecule has 88 heavy (non-hydrogen) atoms. The molecule has 2 nitrogen and oxygen atoms in total. The molecule has 2 heteroatoms. The fraction of sp³-hybridized carbons (Fsp3) is 0. The van der Waals surface area contributed by atoms with E-state index < -0.39 is 281 Å². The van der Waals surface area contributed by atoms with E-state index in [-0.39, 0.29) is 45.7 Å². The van der Waals surface area contributed by atoms with Gasteiger partial charge in [0.1, 0.15) is 22.3 Å². The van der Waals surface area contributed by atoms with Crippen LogP contribution in [0.2, 0.25) is 0 Å². The molecule has 0 aliphatic carbocycles. The summed E-state index contributed by atoms with van der Waals surface area (Å²) in [5.41, 5.74) is -3.05. The zero-order valence-electron chi connectivity index (χ0n) is 81.2. The van der Waals surface area contributed by atoms with Gasteiger partial charge in [0.05, 0.1) is 49.3 Å². The molecule has 16 aromatic carbocycles. The Kier molecular flexibility index (Phi) is 6.35. The Labute approximate surface area is 559 Å². The average molecular weight is 1160 g/mol. The highest BCUT2D eigenvalue weighted by molar-refractivity contribution is 6.27. The fourth-order valence-corrected chi connectivity index (χ4v) is 11.8. The van der Waals surface area contributed by atoms with E-state index in [1.54, 1.807) is 12.1 Å². The van der Waals surface area contributed by atoms with Crippen LogP contribution in [0.3, 0.4) is 0 Å². The number of rotatable bonds is 7. The first kappa shape index (κ1) is 26.4. The molecule has 0 unspecified atom stereocenters. The van der Waals surface area contributed by atoms with Gasteiger partial charge >= 0.3 is 0 Å². The third-order valence-corrected chi connectivity index (χ3v) is 15.5. The second-order valence-corrected chi connectivity index (χ2v) is 20.1. The molecule has 0 amide bonds. The van der Waals surface area contributed by atoms with Crippen molar-refractivity contribution in [2.24, 2.45) is 0 Å². The van der Waals surface area contributed by atoms with Crippen LogP contribution in [-0.4, -0.2) is 0 Å². The minimum atomic E-state index is -1.18. The van der Waals surface area contributed by atoms with E-state index in [0.29, 0.717) is 33.4 Å². The van der Waals surface area contributed by atoms with Gasteiger partial charge in [-0.2, -0.15) is 0 Å². The first-order chi connectivity index (χ1) is 58.6. The standard InChI is InChI=1S/C44H28O.C42H26O/c1-3-14-29(15-4-1)32-27-26-31(28-39(32)30-16-5-2-6-17-30)42-33-18-7-9-20-35(33)43(36-21-10-8-19-34(36)42)38-23-13-25-41-44(38)37-22-11-12-24-40(37)45-41;1-2-12-27(13-3-1)29-23-24-37(31-15-5-4-14-30(29)31)42-35-19-8-6-17-33(35)41(34-18-7-9-20-36(34)42)28-22-25-40-38(26-28)32-16-10-11-21-39(32)43-40/h1-28H;1-26H/i1D,2D,3D,4D,5D,6D,7D,8D,9D,10D,11D,12D,13D,14D,15D,16D,17D,18D,19D,20D,21D,22D,23D,24D,25D,26D,27D,28D;6D,7D,8D,9D,17D,18D,19D,20D. The summed E-state index contributed by atoms with van der Waals surface area (Å²) in [6, 6.07) is 3.88. The van der Waals surface area contributed by atoms with Crippen LogP contribution in [0.15, 0.2) is 336 Å². The SMILES string of the molecule is [2H]c1c([2H])c([2H])c(-c2c([2H])c([2H])c(-c3c4c([2H])c([2H])c([2H])c([2H])c4c(-c4c([2H])c([2H])c([2H])c5oc6c([2H])c([2H])c([2H])c([2H])c6c45)c4c([2H])c([2H])c([2H])c([2H])c34)c([2H])c2-c2c([2H])c([2H])c([2H])c([2H])c2[2H])c([2H])c1[2H].[2H]c1c([2H])c([2H])c2c(-c3ccc(-c4ccccc4)c4ccccc34)c3c([2H])c([2H])c([2H])c([2H])c3c(-c3ccc4oc5ccccc5c4c3)c2c1[2H]. The second-order valence-electron chi connectivity index (χ2n) is 20.1. The Hall–Kier alpha value is -11.6. The van der Waals surface area contributed by atoms with Gasteiger partial charge in [0, 0.05) is 21.5 Å². The topological polar surface area (TPSA) is 26.3 Å². The lowest BCUT2D eigenvalue weighted by atomic mass is 9.83. The second kappa shape index (κ2) is 21.2. The normalized spacial score (nSPS) is 17.4. The van der Waals surface area contributed by atoms with Crippen molar-refractivity contribution in [3.05, 3.63) is 327 Å². The largest absolute Gasteiger partial charge is 0.456 e. The summed E-state index contributed by atoms with van der Waals surface area (Å²) < 4.78 is 336. The van der Waals surface area contributed by atoms with Crippen molar-refractivity contribution < 1.29 is 58.2 Å². The monoisotopic (exact) mass is 1150 g/mol. The number of hydrogen-bond acceptors (Lipinski definition) is 2. The number of hydrogen-bond donors (Lipinski definition) is 0. The highest BCUT2D eigenvalue weighted by Gasteiger charge is 2.23. The zero-order chi connectivity index (χ0) is 89.4. The van der Waals surface area contributed by atoms with Gasteiger partial charge in [-0.25, -0.2) is 0 Å². The highest BCUT2D eigenvalue weighted by Crippen LogP contribution is 2.50. The van der Waals surface area contributed by atoms with Crippen LogP contribution in [0.1, 0.15) is 49.3 Å². The summed E-state index contributed by atoms with van der Waals surface area (Å²) in [4.78, 5) is 0. The third kappa shape index (κ3) is 8.41. The van der Waals surface area contributed by atoms with Crippen LogP contribution < -0.4 is 0 Å². The van der Waals surface area contributed by atoms with Crippen LogP contribution >= 0.6 is 0 Å². The number of furan rings is 2. The predicted molar refractivity (Wildman–Crippen MR) is 373 cm³/mol. The molecule has 0 aliphatic heterocycles. The minimum absolute atomic E-state index is 0.178. The molecule has 0 atom stereocenters. The van der Waals surface area contributed by atoms with E-state index in [1.807, 2.05) is 97.1 Å². The van der Waals surface area contributed by atoms with Crippen LogP contribution in [0.5, 0.6) is 0 Å². The lowest BCUT2D eigenvalue weighted by Crippen LogP contribution is -1.92. The summed E-state index contributed by atoms with van der Waals surface area (Å²) in [6.07, 6.45) is 0. The molecule has 2 aromatic heterocycles. The molecule has 0 aliphatic rings. The van der Waals surface area contributed by atoms with Crippen LogP contribution in [-0.2, 0) is 0 Å². The molecule has 2 heterocycles. The Morgan fingerprint density at radius 1 is 0.205 bits per heavy atom. The van der Waals surface area contributed by atoms with E-state index in [2.05, 4.69) is 0 Å².